The molecule has 1 aliphatic heterocycles. The van der Waals surface area contributed by atoms with E-state index in [-0.39, 0.29) is 72.6 Å². The Morgan fingerprint density at radius 3 is 1.84 bits per heavy atom. The highest BCUT2D eigenvalue weighted by Crippen LogP contribution is 2.53. The molecule has 0 radical (unpaired) electrons. The number of hydrogen-bond donors (Lipinski definition) is 12. The van der Waals surface area contributed by atoms with Crippen molar-refractivity contribution in [1.82, 2.24) is 39.8 Å². The highest BCUT2D eigenvalue weighted by molar-refractivity contribution is 7.80. The molecule has 28 nitrogen and oxygen atoms in total. The average molecular weight is 1200 g/mol. The van der Waals surface area contributed by atoms with Crippen molar-refractivity contribution in [1.29, 1.82) is 0 Å². The molecule has 0 aliphatic carbocycles. The number of thiocarbonyl (C=S) groups is 1. The Balaban J connectivity index is 1.27. The summed E-state index contributed by atoms with van der Waals surface area (Å²) in [5.41, 5.74) is 2.01. The number of benzene rings is 2. The van der Waals surface area contributed by atoms with Crippen LogP contribution in [-0.2, 0) is 68.6 Å². The molecule has 3 aromatic rings. The smallest absolute Gasteiger partial charge is 0.469 e. The summed E-state index contributed by atoms with van der Waals surface area (Å²) in [5.74, 6) is -8.35. The van der Waals surface area contributed by atoms with E-state index in [0.717, 1.165) is 42.3 Å². The molecule has 31 heteroatoms. The van der Waals surface area contributed by atoms with Gasteiger partial charge >= 0.3 is 37.7 Å². The molecule has 0 spiro atoms. The zero-order valence-electron chi connectivity index (χ0n) is 45.3. The molecule has 2 amide bonds. The maximum Gasteiger partial charge on any atom is 0.469 e. The Bertz CT molecular complexity index is 2940. The number of para-hydroxylation sites is 1. The number of phosphoric ester groups is 1. The van der Waals surface area contributed by atoms with Gasteiger partial charge in [0.2, 0.25) is 17.7 Å². The third-order valence-corrected chi connectivity index (χ3v) is 14.8. The van der Waals surface area contributed by atoms with Gasteiger partial charge in [-0.25, -0.2) is 14.2 Å². The number of carbonyl (C=O) groups is 7. The van der Waals surface area contributed by atoms with Crippen molar-refractivity contribution in [3.05, 3.63) is 80.3 Å². The van der Waals surface area contributed by atoms with Gasteiger partial charge in [-0.15, -0.1) is 0 Å². The second kappa shape index (κ2) is 30.2. The first-order valence-corrected chi connectivity index (χ1v) is 27.8. The number of unbranched alkanes of at least 4 members (excludes halogenated alkanes) is 3. The van der Waals surface area contributed by atoms with Crippen LogP contribution in [0.15, 0.2) is 53.3 Å². The fourth-order valence-corrected chi connectivity index (χ4v) is 10.4. The van der Waals surface area contributed by atoms with Gasteiger partial charge in [-0.05, 0) is 73.5 Å². The van der Waals surface area contributed by atoms with Gasteiger partial charge in [-0.3, -0.25) is 57.1 Å². The van der Waals surface area contributed by atoms with Gasteiger partial charge in [0.25, 0.3) is 5.56 Å². The number of amides is 2. The minimum atomic E-state index is -5.03. The van der Waals surface area contributed by atoms with Gasteiger partial charge in [-0.1, -0.05) is 57.0 Å². The molecule has 2 aromatic carbocycles. The Morgan fingerprint density at radius 1 is 0.741 bits per heavy atom. The van der Waals surface area contributed by atoms with Crippen molar-refractivity contribution in [3.8, 4) is 5.88 Å². The van der Waals surface area contributed by atoms with Gasteiger partial charge in [0.15, 0.2) is 15.9 Å². The Kier molecular flexibility index (Phi) is 24.9. The van der Waals surface area contributed by atoms with Crippen molar-refractivity contribution in [2.24, 2.45) is 14.1 Å². The standard InChI is InChI=1S/C50H71N10O18PS2/c1-30(78-79(75,76)77)42(47(73)74)54-48(80)52-32-16-14-31(15-17-32)24-34(46(71)72)53-37(62)26-59(29-40(67)68)23-21-57(27-38(63)64)20-22-58(28-39(65)66)25-36(61)51-18-10-6-7-11-19-60-35-13-9-8-12-33(35)50(2,3)43(60)41-44(69)55(4)49(81)56(5)45(41)70/h8-9,12-17,30,34,42-43,69H,6-7,10-11,18-29H2,1-5H3,(H,51,61)(H,53,62)(H,63,64)(H,65,66)(H,67,68)(H,71,72)(H,73,74)(H2,52,54,80)(H2,75,76,77). The number of aromatic nitrogens is 2. The van der Waals surface area contributed by atoms with Crippen molar-refractivity contribution < 1.29 is 83.1 Å². The van der Waals surface area contributed by atoms with Gasteiger partial charge in [0.05, 0.1) is 44.9 Å². The number of aromatic hydroxyl groups is 1. The molecular formula is C50H71N10O18PS2. The molecule has 446 valence electrons. The lowest BCUT2D eigenvalue weighted by atomic mass is 9.78. The van der Waals surface area contributed by atoms with E-state index in [1.165, 1.54) is 43.2 Å². The summed E-state index contributed by atoms with van der Waals surface area (Å²) in [6.45, 7) is 2.74. The zero-order chi connectivity index (χ0) is 60.5. The molecule has 81 heavy (non-hydrogen) atoms. The number of hydrogen-bond acceptors (Lipinski definition) is 17. The first kappa shape index (κ1) is 66.6. The highest BCUT2D eigenvalue weighted by Gasteiger charge is 2.48. The Labute approximate surface area is 476 Å². The molecule has 12 N–H and O–H groups in total. The van der Waals surface area contributed by atoms with Gasteiger partial charge in [-0.2, -0.15) is 0 Å². The number of fused-ring (bicyclic) bond motifs is 1. The topological polar surface area (TPSA) is 396 Å². The summed E-state index contributed by atoms with van der Waals surface area (Å²) in [6.07, 6.45) is 1.03. The summed E-state index contributed by atoms with van der Waals surface area (Å²) >= 11 is 10.5. The fraction of sp³-hybridized carbons (Fsp3) is 0.520. The number of aliphatic carboxylic acids is 5. The van der Waals surface area contributed by atoms with E-state index in [4.69, 9.17) is 34.2 Å². The SMILES string of the molecule is CC(OP(=O)(O)O)C(NC(=S)Nc1ccc(CC(NC(=O)CN(CCN(CCN(CC(=O)O)CC(=O)NCCCCCCN2c3ccccc3C(C)(C)C2c2c(O)n(C)c(=S)n(C)c2=O)CC(=O)O)CC(=O)O)C(=O)O)cc1)C(=O)O. The number of phosphoric acid groups is 1. The lowest BCUT2D eigenvalue weighted by Gasteiger charge is -2.35. The quantitative estimate of drug-likeness (QED) is 0.0224. The monoisotopic (exact) mass is 1190 g/mol. The van der Waals surface area contributed by atoms with E-state index in [1.54, 1.807) is 14.1 Å². The summed E-state index contributed by atoms with van der Waals surface area (Å²) in [7, 11) is -1.84. The zero-order valence-corrected chi connectivity index (χ0v) is 47.9. The van der Waals surface area contributed by atoms with Crippen LogP contribution in [0.3, 0.4) is 0 Å². The maximum atomic E-state index is 13.7. The number of anilines is 2. The van der Waals surface area contributed by atoms with E-state index in [2.05, 4.69) is 30.7 Å². The minimum absolute atomic E-state index is 0.0838. The molecule has 0 bridgehead atoms. The lowest BCUT2D eigenvalue weighted by molar-refractivity contribution is -0.143. The number of carboxylic acids is 5. The third kappa shape index (κ3) is 20.3. The molecule has 1 aromatic heterocycles. The van der Waals surface area contributed by atoms with Crippen LogP contribution in [0.5, 0.6) is 5.88 Å². The number of rotatable bonds is 34. The van der Waals surface area contributed by atoms with Gasteiger partial charge < -0.3 is 66.6 Å². The number of nitrogens with one attached hydrogen (secondary N) is 4. The molecule has 0 fully saturated rings. The largest absolute Gasteiger partial charge is 0.494 e. The van der Waals surface area contributed by atoms with Crippen LogP contribution in [0.25, 0.3) is 0 Å². The summed E-state index contributed by atoms with van der Waals surface area (Å²) in [4.78, 5) is 123. The van der Waals surface area contributed by atoms with E-state index < -0.39 is 105 Å². The van der Waals surface area contributed by atoms with Crippen LogP contribution in [-0.4, -0.2) is 201 Å². The van der Waals surface area contributed by atoms with Crippen LogP contribution in [0.1, 0.15) is 69.2 Å². The predicted octanol–water partition coefficient (Wildman–Crippen LogP) is 0.884. The van der Waals surface area contributed by atoms with Crippen LogP contribution < -0.4 is 31.7 Å². The number of carbonyl (C=O) groups excluding carboxylic acids is 2. The molecule has 2 heterocycles. The Morgan fingerprint density at radius 2 is 1.28 bits per heavy atom. The summed E-state index contributed by atoms with van der Waals surface area (Å²) < 4.78 is 18.6. The maximum absolute atomic E-state index is 13.7. The van der Waals surface area contributed by atoms with Crippen LogP contribution in [0.2, 0.25) is 0 Å². The van der Waals surface area contributed by atoms with E-state index in [9.17, 15) is 73.6 Å². The van der Waals surface area contributed by atoms with Crippen LogP contribution in [0, 0.1) is 4.77 Å². The average Bonchev–Trinajstić information content (AvgIpc) is 3.58. The molecule has 4 unspecified atom stereocenters. The number of nitrogens with zero attached hydrogens (tertiary/aromatic N) is 6. The fourth-order valence-electron chi connectivity index (χ4n) is 9.46. The van der Waals surface area contributed by atoms with E-state index in [1.807, 2.05) is 38.1 Å². The second-order valence-electron chi connectivity index (χ2n) is 20.0. The molecule has 0 saturated carbocycles. The van der Waals surface area contributed by atoms with Gasteiger partial charge in [0.1, 0.15) is 11.6 Å². The normalized spacial score (nSPS) is 14.9. The molecule has 4 atom stereocenters. The Hall–Kier alpha value is -6.89. The molecule has 1 aliphatic rings. The van der Waals surface area contributed by atoms with Crippen molar-refractivity contribution in [2.45, 2.75) is 82.5 Å². The van der Waals surface area contributed by atoms with Crippen LogP contribution in [0.4, 0.5) is 11.4 Å². The second-order valence-corrected chi connectivity index (χ2v) is 22.0. The first-order chi connectivity index (χ1) is 37.9. The molecule has 4 rings (SSSR count). The van der Waals surface area contributed by atoms with E-state index in [0.29, 0.717) is 24.2 Å². The third-order valence-electron chi connectivity index (χ3n) is 13.4. The van der Waals surface area contributed by atoms with Crippen molar-refractivity contribution >= 4 is 90.4 Å². The summed E-state index contributed by atoms with van der Waals surface area (Å²) in [6, 6.07) is 10.1. The molecular weight excluding hydrogens is 1120 g/mol. The van der Waals surface area contributed by atoms with Crippen molar-refractivity contribution in [2.75, 3.05) is 82.2 Å². The minimum Gasteiger partial charge on any atom is -0.494 e. The van der Waals surface area contributed by atoms with E-state index >= 15 is 0 Å². The van der Waals surface area contributed by atoms with Crippen molar-refractivity contribution in [3.63, 3.8) is 0 Å². The van der Waals surface area contributed by atoms with Gasteiger partial charge in [0, 0.05) is 76.6 Å². The predicted molar refractivity (Wildman–Crippen MR) is 299 cm³/mol. The highest BCUT2D eigenvalue weighted by atomic mass is 32.1. The summed E-state index contributed by atoms with van der Waals surface area (Å²) in [5, 5.41) is 69.7. The lowest BCUT2D eigenvalue weighted by Crippen LogP contribution is -2.49. The molecule has 0 saturated heterocycles. The number of carboxylic acid groups (broad SMARTS) is 5. The first-order valence-electron chi connectivity index (χ1n) is 25.5. The van der Waals surface area contributed by atoms with Crippen LogP contribution >= 0.6 is 32.3 Å².